The summed E-state index contributed by atoms with van der Waals surface area (Å²) in [5, 5.41) is 3.44. The van der Waals surface area contributed by atoms with Crippen molar-refractivity contribution >= 4 is 5.95 Å². The quantitative estimate of drug-likeness (QED) is 0.921. The lowest BCUT2D eigenvalue weighted by molar-refractivity contribution is 0.355. The molecule has 2 heterocycles. The van der Waals surface area contributed by atoms with Gasteiger partial charge in [-0.3, -0.25) is 4.98 Å². The van der Waals surface area contributed by atoms with Crippen LogP contribution in [0, 0.1) is 6.92 Å². The van der Waals surface area contributed by atoms with Crippen LogP contribution in [-0.2, 0) is 6.54 Å². The van der Waals surface area contributed by atoms with Gasteiger partial charge >= 0.3 is 0 Å². The molecule has 1 saturated carbocycles. The number of aryl methyl sites for hydroxylation is 1. The van der Waals surface area contributed by atoms with Gasteiger partial charge in [-0.05, 0) is 31.9 Å². The third-order valence-corrected chi connectivity index (χ3v) is 3.97. The zero-order valence-corrected chi connectivity index (χ0v) is 12.0. The fourth-order valence-corrected chi connectivity index (χ4v) is 2.96. The van der Waals surface area contributed by atoms with Crippen LogP contribution in [0.25, 0.3) is 0 Å². The molecule has 2 aromatic heterocycles. The summed E-state index contributed by atoms with van der Waals surface area (Å²) in [5.74, 6) is 0.986. The first kappa shape index (κ1) is 13.2. The van der Waals surface area contributed by atoms with Crippen molar-refractivity contribution in [3.8, 4) is 0 Å². The fourth-order valence-electron chi connectivity index (χ4n) is 2.96. The van der Waals surface area contributed by atoms with Gasteiger partial charge in [-0.25, -0.2) is 4.98 Å². The first-order valence-electron chi connectivity index (χ1n) is 7.52. The molecule has 1 aliphatic rings. The van der Waals surface area contributed by atoms with Crippen LogP contribution in [0.1, 0.15) is 49.5 Å². The van der Waals surface area contributed by atoms with E-state index in [2.05, 4.69) is 33.0 Å². The Morgan fingerprint density at radius 1 is 1.25 bits per heavy atom. The molecule has 1 aliphatic carbocycles. The average Bonchev–Trinajstić information content (AvgIpc) is 2.88. The summed E-state index contributed by atoms with van der Waals surface area (Å²) in [5.41, 5.74) is 2.13. The molecule has 0 aliphatic heterocycles. The van der Waals surface area contributed by atoms with Gasteiger partial charge in [0.25, 0.3) is 0 Å². The van der Waals surface area contributed by atoms with Gasteiger partial charge in [0, 0.05) is 18.4 Å². The first-order chi connectivity index (χ1) is 9.83. The van der Waals surface area contributed by atoms with E-state index in [4.69, 9.17) is 0 Å². The summed E-state index contributed by atoms with van der Waals surface area (Å²) in [4.78, 5) is 8.97. The second-order valence-electron chi connectivity index (χ2n) is 5.58. The van der Waals surface area contributed by atoms with Crippen LogP contribution < -0.4 is 5.32 Å². The van der Waals surface area contributed by atoms with E-state index in [-0.39, 0.29) is 0 Å². The van der Waals surface area contributed by atoms with Crippen molar-refractivity contribution < 1.29 is 0 Å². The Balaban J connectivity index is 1.72. The van der Waals surface area contributed by atoms with E-state index in [0.717, 1.165) is 23.9 Å². The van der Waals surface area contributed by atoms with Crippen LogP contribution in [0.5, 0.6) is 0 Å². The molecule has 0 atom stereocenters. The molecule has 0 spiro atoms. The molecule has 0 saturated heterocycles. The molecule has 20 heavy (non-hydrogen) atoms. The van der Waals surface area contributed by atoms with E-state index in [1.807, 2.05) is 24.4 Å². The van der Waals surface area contributed by atoms with Gasteiger partial charge < -0.3 is 9.88 Å². The summed E-state index contributed by atoms with van der Waals surface area (Å²) in [6, 6.07) is 6.60. The van der Waals surface area contributed by atoms with Crippen molar-refractivity contribution in [3.63, 3.8) is 0 Å². The molecular weight excluding hydrogens is 248 g/mol. The Kier molecular flexibility index (Phi) is 4.00. The highest BCUT2D eigenvalue weighted by Crippen LogP contribution is 2.30. The monoisotopic (exact) mass is 270 g/mol. The molecule has 106 valence electrons. The van der Waals surface area contributed by atoms with E-state index < -0.39 is 0 Å². The Morgan fingerprint density at radius 2 is 2.10 bits per heavy atom. The molecule has 0 amide bonds. The van der Waals surface area contributed by atoms with Crippen LogP contribution >= 0.6 is 0 Å². The van der Waals surface area contributed by atoms with Gasteiger partial charge in [0.15, 0.2) is 0 Å². The summed E-state index contributed by atoms with van der Waals surface area (Å²) in [6.45, 7) is 2.79. The third-order valence-electron chi connectivity index (χ3n) is 3.97. The predicted octanol–water partition coefficient (Wildman–Crippen LogP) is 3.70. The number of rotatable bonds is 4. The highest BCUT2D eigenvalue weighted by molar-refractivity contribution is 5.30. The molecule has 2 aromatic rings. The van der Waals surface area contributed by atoms with Gasteiger partial charge in [-0.2, -0.15) is 0 Å². The maximum absolute atomic E-state index is 4.62. The molecule has 0 bridgehead atoms. The van der Waals surface area contributed by atoms with Gasteiger partial charge in [0.1, 0.15) is 0 Å². The molecule has 0 radical (unpaired) electrons. The Labute approximate surface area is 120 Å². The number of pyridine rings is 1. The number of hydrogen-bond donors (Lipinski definition) is 1. The Bertz CT molecular complexity index is 541. The van der Waals surface area contributed by atoms with Crippen molar-refractivity contribution in [3.05, 3.63) is 42.0 Å². The highest BCUT2D eigenvalue weighted by atomic mass is 15.2. The topological polar surface area (TPSA) is 42.7 Å². The standard InChI is InChI=1S/C16H22N4/c1-13-12-20(15-8-3-2-4-9-15)16(19-13)18-11-14-7-5-6-10-17-14/h5-7,10,12,15H,2-4,8-9,11H2,1H3,(H,18,19). The van der Waals surface area contributed by atoms with Crippen molar-refractivity contribution in [2.45, 2.75) is 51.6 Å². The lowest BCUT2D eigenvalue weighted by Crippen LogP contribution is -2.15. The molecule has 1 N–H and O–H groups in total. The van der Waals surface area contributed by atoms with Crippen molar-refractivity contribution in [2.75, 3.05) is 5.32 Å². The van der Waals surface area contributed by atoms with E-state index in [1.165, 1.54) is 32.1 Å². The molecule has 0 unspecified atom stereocenters. The minimum absolute atomic E-state index is 0.608. The molecule has 1 fully saturated rings. The van der Waals surface area contributed by atoms with Gasteiger partial charge in [0.2, 0.25) is 5.95 Å². The minimum atomic E-state index is 0.608. The van der Waals surface area contributed by atoms with E-state index in [1.54, 1.807) is 0 Å². The van der Waals surface area contributed by atoms with E-state index in [0.29, 0.717) is 6.04 Å². The minimum Gasteiger partial charge on any atom is -0.350 e. The van der Waals surface area contributed by atoms with Crippen molar-refractivity contribution in [1.82, 2.24) is 14.5 Å². The lowest BCUT2D eigenvalue weighted by atomic mass is 9.95. The first-order valence-corrected chi connectivity index (χ1v) is 7.52. The number of aromatic nitrogens is 3. The summed E-state index contributed by atoms with van der Waals surface area (Å²) in [6.07, 6.45) is 10.6. The van der Waals surface area contributed by atoms with Crippen LogP contribution in [0.2, 0.25) is 0 Å². The van der Waals surface area contributed by atoms with E-state index >= 15 is 0 Å². The van der Waals surface area contributed by atoms with Crippen LogP contribution in [0.15, 0.2) is 30.6 Å². The number of anilines is 1. The molecule has 3 rings (SSSR count). The van der Waals surface area contributed by atoms with Crippen molar-refractivity contribution in [2.24, 2.45) is 0 Å². The second kappa shape index (κ2) is 6.07. The number of nitrogens with one attached hydrogen (secondary N) is 1. The van der Waals surface area contributed by atoms with E-state index in [9.17, 15) is 0 Å². The largest absolute Gasteiger partial charge is 0.350 e. The van der Waals surface area contributed by atoms with Crippen molar-refractivity contribution in [1.29, 1.82) is 0 Å². The van der Waals surface area contributed by atoms with Crippen LogP contribution in [0.3, 0.4) is 0 Å². The zero-order valence-electron chi connectivity index (χ0n) is 12.0. The number of hydrogen-bond acceptors (Lipinski definition) is 3. The number of imidazole rings is 1. The Morgan fingerprint density at radius 3 is 2.85 bits per heavy atom. The maximum atomic E-state index is 4.62. The highest BCUT2D eigenvalue weighted by Gasteiger charge is 2.18. The van der Waals surface area contributed by atoms with Gasteiger partial charge in [-0.15, -0.1) is 0 Å². The summed E-state index contributed by atoms with van der Waals surface area (Å²) in [7, 11) is 0. The second-order valence-corrected chi connectivity index (χ2v) is 5.58. The number of nitrogens with zero attached hydrogens (tertiary/aromatic N) is 3. The lowest BCUT2D eigenvalue weighted by Gasteiger charge is -2.24. The molecule has 4 nitrogen and oxygen atoms in total. The molecule has 4 heteroatoms. The van der Waals surface area contributed by atoms with Crippen LogP contribution in [0.4, 0.5) is 5.95 Å². The zero-order chi connectivity index (χ0) is 13.8. The summed E-state index contributed by atoms with van der Waals surface area (Å²) < 4.78 is 2.33. The third kappa shape index (κ3) is 3.00. The van der Waals surface area contributed by atoms with Crippen LogP contribution in [-0.4, -0.2) is 14.5 Å². The average molecular weight is 270 g/mol. The van der Waals surface area contributed by atoms with Gasteiger partial charge in [-0.1, -0.05) is 25.3 Å². The Hall–Kier alpha value is -1.84. The maximum Gasteiger partial charge on any atom is 0.203 e. The smallest absolute Gasteiger partial charge is 0.203 e. The normalized spacial score (nSPS) is 16.2. The van der Waals surface area contributed by atoms with Gasteiger partial charge in [0.05, 0.1) is 17.9 Å². The SMILES string of the molecule is Cc1cn(C2CCCCC2)c(NCc2ccccn2)n1. The summed E-state index contributed by atoms with van der Waals surface area (Å²) >= 11 is 0. The molecular formula is C16H22N4. The predicted molar refractivity (Wildman–Crippen MR) is 80.6 cm³/mol. The fraction of sp³-hybridized carbons (Fsp3) is 0.500. The molecule has 0 aromatic carbocycles.